The zero-order chi connectivity index (χ0) is 14.4. The lowest BCUT2D eigenvalue weighted by molar-refractivity contribution is 0.0583. The standard InChI is InChI=1S/C15H19N3O2/c1-3-20-14(12-7-5-4-6-8-12)11-16-15(19)13-9-10-17-18(13)2/h4-10,14H,3,11H2,1-2H3,(H,16,19)/t14-/m0/s1. The molecule has 2 aromatic rings. The first-order valence-corrected chi connectivity index (χ1v) is 6.65. The Kier molecular flexibility index (Phi) is 4.90. The van der Waals surface area contributed by atoms with Crippen LogP contribution in [0.1, 0.15) is 29.1 Å². The number of ether oxygens (including phenoxy) is 1. The summed E-state index contributed by atoms with van der Waals surface area (Å²) in [6.45, 7) is 2.97. The second kappa shape index (κ2) is 6.86. The SMILES string of the molecule is CCO[C@@H](CNC(=O)c1ccnn1C)c1ccccc1. The van der Waals surface area contributed by atoms with Gasteiger partial charge >= 0.3 is 0 Å². The fraction of sp³-hybridized carbons (Fsp3) is 0.333. The van der Waals surface area contributed by atoms with Crippen molar-refractivity contribution in [2.45, 2.75) is 13.0 Å². The number of nitrogens with zero attached hydrogens (tertiary/aromatic N) is 2. The van der Waals surface area contributed by atoms with Gasteiger partial charge in [0.05, 0.1) is 6.10 Å². The van der Waals surface area contributed by atoms with E-state index in [-0.39, 0.29) is 12.0 Å². The minimum absolute atomic E-state index is 0.140. The molecule has 0 saturated heterocycles. The van der Waals surface area contributed by atoms with Gasteiger partial charge in [-0.1, -0.05) is 30.3 Å². The molecule has 5 heteroatoms. The Labute approximate surface area is 118 Å². The smallest absolute Gasteiger partial charge is 0.269 e. The zero-order valence-corrected chi connectivity index (χ0v) is 11.7. The van der Waals surface area contributed by atoms with Gasteiger partial charge in [-0.2, -0.15) is 5.10 Å². The van der Waals surface area contributed by atoms with E-state index < -0.39 is 0 Å². The van der Waals surface area contributed by atoms with E-state index in [1.54, 1.807) is 24.0 Å². The van der Waals surface area contributed by atoms with E-state index >= 15 is 0 Å². The fourth-order valence-corrected chi connectivity index (χ4v) is 2.01. The van der Waals surface area contributed by atoms with Gasteiger partial charge in [0.25, 0.3) is 5.91 Å². The monoisotopic (exact) mass is 273 g/mol. The van der Waals surface area contributed by atoms with Crippen LogP contribution in [-0.4, -0.2) is 28.8 Å². The van der Waals surface area contributed by atoms with Crippen LogP contribution in [0.2, 0.25) is 0 Å². The fourth-order valence-electron chi connectivity index (χ4n) is 2.01. The molecule has 0 unspecified atom stereocenters. The first kappa shape index (κ1) is 14.3. The summed E-state index contributed by atoms with van der Waals surface area (Å²) in [4.78, 5) is 12.0. The van der Waals surface area contributed by atoms with E-state index in [1.165, 1.54) is 0 Å². The van der Waals surface area contributed by atoms with Crippen LogP contribution in [0.15, 0.2) is 42.6 Å². The maximum Gasteiger partial charge on any atom is 0.269 e. The third kappa shape index (κ3) is 3.45. The maximum atomic E-state index is 12.0. The van der Waals surface area contributed by atoms with E-state index in [0.29, 0.717) is 18.8 Å². The second-order valence-corrected chi connectivity index (χ2v) is 4.40. The summed E-state index contributed by atoms with van der Waals surface area (Å²) >= 11 is 0. The molecule has 2 rings (SSSR count). The van der Waals surface area contributed by atoms with Gasteiger partial charge in [-0.25, -0.2) is 0 Å². The van der Waals surface area contributed by atoms with E-state index in [1.807, 2.05) is 37.3 Å². The number of amides is 1. The molecule has 0 aliphatic carbocycles. The van der Waals surface area contributed by atoms with Crippen molar-refractivity contribution in [1.82, 2.24) is 15.1 Å². The summed E-state index contributed by atoms with van der Waals surface area (Å²) in [6.07, 6.45) is 1.46. The van der Waals surface area contributed by atoms with Crippen LogP contribution in [0, 0.1) is 0 Å². The van der Waals surface area contributed by atoms with Gasteiger partial charge in [0.1, 0.15) is 5.69 Å². The highest BCUT2D eigenvalue weighted by atomic mass is 16.5. The van der Waals surface area contributed by atoms with Gasteiger partial charge in [-0.15, -0.1) is 0 Å². The molecule has 1 aromatic heterocycles. The van der Waals surface area contributed by atoms with Crippen LogP contribution in [0.25, 0.3) is 0 Å². The number of aryl methyl sites for hydroxylation is 1. The van der Waals surface area contributed by atoms with E-state index in [2.05, 4.69) is 10.4 Å². The van der Waals surface area contributed by atoms with Crippen molar-refractivity contribution in [3.63, 3.8) is 0 Å². The molecule has 1 heterocycles. The predicted octanol–water partition coefficient (Wildman–Crippen LogP) is 1.93. The second-order valence-electron chi connectivity index (χ2n) is 4.40. The molecule has 106 valence electrons. The quantitative estimate of drug-likeness (QED) is 0.875. The lowest BCUT2D eigenvalue weighted by Crippen LogP contribution is -2.30. The first-order valence-electron chi connectivity index (χ1n) is 6.65. The lowest BCUT2D eigenvalue weighted by atomic mass is 10.1. The summed E-state index contributed by atoms with van der Waals surface area (Å²) in [5.41, 5.74) is 1.59. The van der Waals surface area contributed by atoms with Gasteiger partial charge in [0, 0.05) is 26.4 Å². The third-order valence-corrected chi connectivity index (χ3v) is 3.04. The van der Waals surface area contributed by atoms with Crippen LogP contribution in [0.4, 0.5) is 0 Å². The van der Waals surface area contributed by atoms with Crippen molar-refractivity contribution in [3.05, 3.63) is 53.9 Å². The number of nitrogens with one attached hydrogen (secondary N) is 1. The highest BCUT2D eigenvalue weighted by Crippen LogP contribution is 2.16. The molecular formula is C15H19N3O2. The van der Waals surface area contributed by atoms with Crippen LogP contribution in [0.3, 0.4) is 0 Å². The molecule has 1 N–H and O–H groups in total. The lowest BCUT2D eigenvalue weighted by Gasteiger charge is -2.18. The highest BCUT2D eigenvalue weighted by Gasteiger charge is 2.15. The van der Waals surface area contributed by atoms with Crippen molar-refractivity contribution in [1.29, 1.82) is 0 Å². The molecule has 0 spiro atoms. The summed E-state index contributed by atoms with van der Waals surface area (Å²) in [7, 11) is 1.74. The molecule has 0 bridgehead atoms. The Balaban J connectivity index is 1.99. The number of aromatic nitrogens is 2. The minimum atomic E-state index is -0.148. The van der Waals surface area contributed by atoms with Crippen molar-refractivity contribution < 1.29 is 9.53 Å². The zero-order valence-electron chi connectivity index (χ0n) is 11.7. The van der Waals surface area contributed by atoms with E-state index in [9.17, 15) is 4.79 Å². The average Bonchev–Trinajstić information content (AvgIpc) is 2.90. The molecule has 5 nitrogen and oxygen atoms in total. The van der Waals surface area contributed by atoms with Crippen molar-refractivity contribution in [3.8, 4) is 0 Å². The number of benzene rings is 1. The molecule has 0 aliphatic heterocycles. The molecular weight excluding hydrogens is 254 g/mol. The van der Waals surface area contributed by atoms with Gasteiger partial charge in [0.2, 0.25) is 0 Å². The van der Waals surface area contributed by atoms with Gasteiger partial charge < -0.3 is 10.1 Å². The summed E-state index contributed by atoms with van der Waals surface area (Å²) in [5, 5.41) is 6.87. The molecule has 0 fully saturated rings. The first-order chi connectivity index (χ1) is 9.72. The van der Waals surface area contributed by atoms with Crippen LogP contribution in [-0.2, 0) is 11.8 Å². The number of carbonyl (C=O) groups excluding carboxylic acids is 1. The largest absolute Gasteiger partial charge is 0.372 e. The van der Waals surface area contributed by atoms with E-state index in [0.717, 1.165) is 5.56 Å². The molecule has 0 saturated carbocycles. The minimum Gasteiger partial charge on any atom is -0.372 e. The average molecular weight is 273 g/mol. The number of rotatable bonds is 6. The normalized spacial score (nSPS) is 12.1. The Hall–Kier alpha value is -2.14. The Morgan fingerprint density at radius 2 is 2.10 bits per heavy atom. The van der Waals surface area contributed by atoms with Gasteiger partial charge in [0.15, 0.2) is 0 Å². The number of hydrogen-bond donors (Lipinski definition) is 1. The van der Waals surface area contributed by atoms with Crippen molar-refractivity contribution >= 4 is 5.91 Å². The molecule has 0 aliphatic rings. The molecule has 20 heavy (non-hydrogen) atoms. The number of carbonyl (C=O) groups is 1. The van der Waals surface area contributed by atoms with Crippen LogP contribution in [0.5, 0.6) is 0 Å². The molecule has 1 aromatic carbocycles. The topological polar surface area (TPSA) is 56.1 Å². The van der Waals surface area contributed by atoms with Crippen molar-refractivity contribution in [2.75, 3.05) is 13.2 Å². The van der Waals surface area contributed by atoms with Crippen LogP contribution >= 0.6 is 0 Å². The molecule has 0 radical (unpaired) electrons. The third-order valence-electron chi connectivity index (χ3n) is 3.04. The Bertz CT molecular complexity index is 551. The maximum absolute atomic E-state index is 12.0. The van der Waals surface area contributed by atoms with Gasteiger partial charge in [-0.3, -0.25) is 9.48 Å². The van der Waals surface area contributed by atoms with E-state index in [4.69, 9.17) is 4.74 Å². The summed E-state index contributed by atoms with van der Waals surface area (Å²) in [6, 6.07) is 11.6. The number of hydrogen-bond acceptors (Lipinski definition) is 3. The highest BCUT2D eigenvalue weighted by molar-refractivity contribution is 5.92. The Morgan fingerprint density at radius 1 is 1.35 bits per heavy atom. The molecule has 1 amide bonds. The van der Waals surface area contributed by atoms with Gasteiger partial charge in [-0.05, 0) is 18.6 Å². The van der Waals surface area contributed by atoms with Crippen molar-refractivity contribution in [2.24, 2.45) is 7.05 Å². The summed E-state index contributed by atoms with van der Waals surface area (Å²) < 4.78 is 7.24. The molecule has 1 atom stereocenters. The summed E-state index contributed by atoms with van der Waals surface area (Å²) in [5.74, 6) is -0.148. The Morgan fingerprint density at radius 3 is 2.70 bits per heavy atom. The van der Waals surface area contributed by atoms with Crippen LogP contribution < -0.4 is 5.32 Å². The predicted molar refractivity (Wildman–Crippen MR) is 76.4 cm³/mol.